The van der Waals surface area contributed by atoms with Gasteiger partial charge in [0.2, 0.25) is 0 Å². The van der Waals surface area contributed by atoms with Gasteiger partial charge in [0, 0.05) is 21.5 Å². The Hall–Kier alpha value is -0.390. The maximum atomic E-state index is 12.6. The van der Waals surface area contributed by atoms with Crippen LogP contribution < -0.4 is 0 Å². The Bertz CT molecular complexity index is 433. The lowest BCUT2D eigenvalue weighted by atomic mass is 10.1. The van der Waals surface area contributed by atoms with E-state index in [-0.39, 0.29) is 18.6 Å². The van der Waals surface area contributed by atoms with Crippen molar-refractivity contribution in [2.24, 2.45) is 0 Å². The summed E-state index contributed by atoms with van der Waals surface area (Å²) < 4.78 is 1.69. The summed E-state index contributed by atoms with van der Waals surface area (Å²) in [4.78, 5) is 14.4. The Labute approximate surface area is 131 Å². The second-order valence-corrected chi connectivity index (χ2v) is 6.09. The number of amides is 1. The van der Waals surface area contributed by atoms with Crippen LogP contribution in [0.4, 0.5) is 0 Å². The molecule has 0 saturated heterocycles. The molecule has 0 saturated carbocycles. The van der Waals surface area contributed by atoms with Crippen molar-refractivity contribution in [3.05, 3.63) is 32.7 Å². The summed E-state index contributed by atoms with van der Waals surface area (Å²) in [6.45, 7) is 4.47. The highest BCUT2D eigenvalue weighted by molar-refractivity contribution is 9.11. The van der Waals surface area contributed by atoms with E-state index in [1.807, 2.05) is 12.1 Å². The molecule has 19 heavy (non-hydrogen) atoms. The van der Waals surface area contributed by atoms with Gasteiger partial charge in [0.25, 0.3) is 5.91 Å². The van der Waals surface area contributed by atoms with Crippen molar-refractivity contribution in [3.8, 4) is 0 Å². The Kier molecular flexibility index (Phi) is 7.04. The predicted molar refractivity (Wildman–Crippen MR) is 84.3 cm³/mol. The van der Waals surface area contributed by atoms with Crippen LogP contribution in [0.3, 0.4) is 0 Å². The summed E-state index contributed by atoms with van der Waals surface area (Å²) in [6, 6.07) is 5.66. The molecule has 1 aromatic rings. The minimum atomic E-state index is -0.0397. The maximum Gasteiger partial charge on any atom is 0.255 e. The zero-order valence-electron chi connectivity index (χ0n) is 11.2. The van der Waals surface area contributed by atoms with Gasteiger partial charge in [-0.1, -0.05) is 29.8 Å². The fourth-order valence-corrected chi connectivity index (χ4v) is 3.32. The Morgan fingerprint density at radius 2 is 1.95 bits per heavy atom. The molecule has 0 aromatic heterocycles. The van der Waals surface area contributed by atoms with E-state index in [9.17, 15) is 9.90 Å². The van der Waals surface area contributed by atoms with Crippen LogP contribution in [0.15, 0.2) is 27.1 Å². The summed E-state index contributed by atoms with van der Waals surface area (Å²) in [6.07, 6.45) is 1.77. The molecule has 0 fully saturated rings. The van der Waals surface area contributed by atoms with Crippen molar-refractivity contribution in [1.29, 1.82) is 0 Å². The van der Waals surface area contributed by atoms with Gasteiger partial charge in [0.1, 0.15) is 0 Å². The number of carbonyl (C=O) groups excluding carboxylic acids is 1. The second-order valence-electron chi connectivity index (χ2n) is 4.32. The average molecular weight is 393 g/mol. The lowest BCUT2D eigenvalue weighted by molar-refractivity contribution is 0.0621. The largest absolute Gasteiger partial charge is 0.395 e. The summed E-state index contributed by atoms with van der Waals surface area (Å²) in [5.74, 6) is -0.0397. The average Bonchev–Trinajstić information content (AvgIpc) is 2.38. The molecule has 0 unspecified atom stereocenters. The number of aliphatic hydroxyl groups is 1. The molecule has 1 aromatic carbocycles. The zero-order chi connectivity index (χ0) is 14.4. The predicted octanol–water partition coefficient (Wildman–Crippen LogP) is 3.83. The molecule has 0 aliphatic heterocycles. The first kappa shape index (κ1) is 16.7. The fraction of sp³-hybridized carbons (Fsp3) is 0.500. The fourth-order valence-electron chi connectivity index (χ4n) is 2.10. The number of halogens is 2. The second kappa shape index (κ2) is 8.02. The standard InChI is InChI=1S/C14H19Br2NO2/c1-3-11(4-2)17(7-8-18)14(19)12-6-5-10(15)9-13(12)16/h5-6,9,11,18H,3-4,7-8H2,1-2H3. The third-order valence-electron chi connectivity index (χ3n) is 3.15. The highest BCUT2D eigenvalue weighted by Gasteiger charge is 2.23. The molecule has 1 rings (SSSR count). The molecule has 1 amide bonds. The van der Waals surface area contributed by atoms with E-state index in [1.54, 1.807) is 11.0 Å². The van der Waals surface area contributed by atoms with E-state index in [0.29, 0.717) is 12.1 Å². The minimum absolute atomic E-state index is 0.0175. The monoisotopic (exact) mass is 391 g/mol. The third kappa shape index (κ3) is 4.29. The van der Waals surface area contributed by atoms with Crippen molar-refractivity contribution < 1.29 is 9.90 Å². The van der Waals surface area contributed by atoms with Crippen molar-refractivity contribution in [2.45, 2.75) is 32.7 Å². The number of nitrogens with zero attached hydrogens (tertiary/aromatic N) is 1. The number of benzene rings is 1. The first-order valence-corrected chi connectivity index (χ1v) is 8.00. The zero-order valence-corrected chi connectivity index (χ0v) is 14.4. The molecular weight excluding hydrogens is 374 g/mol. The van der Waals surface area contributed by atoms with Gasteiger partial charge in [0.05, 0.1) is 12.2 Å². The van der Waals surface area contributed by atoms with Gasteiger partial charge >= 0.3 is 0 Å². The topological polar surface area (TPSA) is 40.5 Å². The molecule has 1 N–H and O–H groups in total. The molecule has 5 heteroatoms. The quantitative estimate of drug-likeness (QED) is 0.798. The number of hydrogen-bond donors (Lipinski definition) is 1. The van der Waals surface area contributed by atoms with Gasteiger partial charge in [-0.2, -0.15) is 0 Å². The van der Waals surface area contributed by atoms with Crippen molar-refractivity contribution in [2.75, 3.05) is 13.2 Å². The van der Waals surface area contributed by atoms with Crippen LogP contribution in [0, 0.1) is 0 Å². The number of aliphatic hydroxyl groups excluding tert-OH is 1. The summed E-state index contributed by atoms with van der Waals surface area (Å²) >= 11 is 6.79. The minimum Gasteiger partial charge on any atom is -0.395 e. The van der Waals surface area contributed by atoms with Gasteiger partial charge in [-0.15, -0.1) is 0 Å². The highest BCUT2D eigenvalue weighted by atomic mass is 79.9. The van der Waals surface area contributed by atoms with E-state index in [0.717, 1.165) is 21.8 Å². The van der Waals surface area contributed by atoms with Crippen LogP contribution in [0.2, 0.25) is 0 Å². The van der Waals surface area contributed by atoms with E-state index in [4.69, 9.17) is 0 Å². The lowest BCUT2D eigenvalue weighted by Crippen LogP contribution is -2.41. The normalized spacial score (nSPS) is 10.8. The maximum absolute atomic E-state index is 12.6. The molecule has 0 aliphatic carbocycles. The lowest BCUT2D eigenvalue weighted by Gasteiger charge is -2.30. The van der Waals surface area contributed by atoms with Gasteiger partial charge in [-0.25, -0.2) is 0 Å². The Balaban J connectivity index is 3.04. The van der Waals surface area contributed by atoms with E-state index >= 15 is 0 Å². The summed E-state index contributed by atoms with van der Waals surface area (Å²) in [5.41, 5.74) is 0.628. The molecule has 0 spiro atoms. The van der Waals surface area contributed by atoms with Crippen LogP contribution >= 0.6 is 31.9 Å². The summed E-state index contributed by atoms with van der Waals surface area (Å²) in [5, 5.41) is 9.17. The third-order valence-corrected chi connectivity index (χ3v) is 4.30. The van der Waals surface area contributed by atoms with Crippen molar-refractivity contribution in [1.82, 2.24) is 4.90 Å². The van der Waals surface area contributed by atoms with E-state index in [2.05, 4.69) is 45.7 Å². The van der Waals surface area contributed by atoms with Crippen LogP contribution in [0.1, 0.15) is 37.0 Å². The Morgan fingerprint density at radius 3 is 2.42 bits per heavy atom. The first-order valence-electron chi connectivity index (χ1n) is 6.42. The molecule has 0 aliphatic rings. The molecule has 3 nitrogen and oxygen atoms in total. The molecule has 106 valence electrons. The molecular formula is C14H19Br2NO2. The molecule has 0 heterocycles. The van der Waals surface area contributed by atoms with Crippen LogP contribution in [0.25, 0.3) is 0 Å². The van der Waals surface area contributed by atoms with Crippen LogP contribution in [-0.4, -0.2) is 35.1 Å². The van der Waals surface area contributed by atoms with Gasteiger partial charge in [-0.3, -0.25) is 4.79 Å². The summed E-state index contributed by atoms with van der Waals surface area (Å²) in [7, 11) is 0. The van der Waals surface area contributed by atoms with Gasteiger partial charge in [0.15, 0.2) is 0 Å². The molecule has 0 bridgehead atoms. The first-order chi connectivity index (χ1) is 9.04. The van der Waals surface area contributed by atoms with Crippen molar-refractivity contribution >= 4 is 37.8 Å². The van der Waals surface area contributed by atoms with Crippen molar-refractivity contribution in [3.63, 3.8) is 0 Å². The SMILES string of the molecule is CCC(CC)N(CCO)C(=O)c1ccc(Br)cc1Br. The highest BCUT2D eigenvalue weighted by Crippen LogP contribution is 2.24. The van der Waals surface area contributed by atoms with Gasteiger partial charge in [-0.05, 0) is 47.0 Å². The number of rotatable bonds is 6. The molecule has 0 radical (unpaired) electrons. The smallest absolute Gasteiger partial charge is 0.255 e. The van der Waals surface area contributed by atoms with Crippen LogP contribution in [-0.2, 0) is 0 Å². The Morgan fingerprint density at radius 1 is 1.32 bits per heavy atom. The van der Waals surface area contributed by atoms with E-state index < -0.39 is 0 Å². The number of carbonyl (C=O) groups is 1. The van der Waals surface area contributed by atoms with Gasteiger partial charge < -0.3 is 10.0 Å². The number of hydrogen-bond acceptors (Lipinski definition) is 2. The van der Waals surface area contributed by atoms with E-state index in [1.165, 1.54) is 0 Å². The van der Waals surface area contributed by atoms with Crippen LogP contribution in [0.5, 0.6) is 0 Å². The molecule has 0 atom stereocenters.